The predicted molar refractivity (Wildman–Crippen MR) is 66.3 cm³/mol. The summed E-state index contributed by atoms with van der Waals surface area (Å²) in [6.45, 7) is 1.69. The van der Waals surface area contributed by atoms with Crippen molar-refractivity contribution in [3.63, 3.8) is 0 Å². The van der Waals surface area contributed by atoms with E-state index in [0.717, 1.165) is 4.47 Å². The predicted octanol–water partition coefficient (Wildman–Crippen LogP) is 2.72. The van der Waals surface area contributed by atoms with Gasteiger partial charge in [0.2, 0.25) is 0 Å². The van der Waals surface area contributed by atoms with Crippen LogP contribution >= 0.6 is 15.9 Å². The average Bonchev–Trinajstić information content (AvgIpc) is 2.64. The summed E-state index contributed by atoms with van der Waals surface area (Å²) in [5.74, 6) is 0.440. The molecule has 0 unspecified atom stereocenters. The molecule has 0 amide bonds. The van der Waals surface area contributed by atoms with Gasteiger partial charge in [0.25, 0.3) is 0 Å². The summed E-state index contributed by atoms with van der Waals surface area (Å²) in [6, 6.07) is 6.55. The maximum Gasteiger partial charge on any atom is 0.182 e. The Morgan fingerprint density at radius 2 is 1.94 bits per heavy atom. The number of hydrogen-bond acceptors (Lipinski definition) is 4. The molecule has 6 heteroatoms. The van der Waals surface area contributed by atoms with Crippen LogP contribution in [0.15, 0.2) is 44.4 Å². The van der Waals surface area contributed by atoms with Gasteiger partial charge in [-0.1, -0.05) is 21.1 Å². The minimum atomic E-state index is -3.34. The van der Waals surface area contributed by atoms with Gasteiger partial charge in [0.05, 0.1) is 16.8 Å². The Kier molecular flexibility index (Phi) is 3.35. The van der Waals surface area contributed by atoms with Crippen LogP contribution in [-0.2, 0) is 15.6 Å². The summed E-state index contributed by atoms with van der Waals surface area (Å²) in [6.07, 6.45) is 1.44. The average molecular weight is 316 g/mol. The van der Waals surface area contributed by atoms with Gasteiger partial charge >= 0.3 is 0 Å². The highest BCUT2D eigenvalue weighted by Crippen LogP contribution is 2.20. The lowest BCUT2D eigenvalue weighted by Gasteiger charge is -2.03. The van der Waals surface area contributed by atoms with Gasteiger partial charge in [-0.25, -0.2) is 8.42 Å². The molecule has 0 aliphatic heterocycles. The lowest BCUT2D eigenvalue weighted by Crippen LogP contribution is -2.04. The van der Waals surface area contributed by atoms with Crippen LogP contribution in [0, 0.1) is 6.92 Å². The van der Waals surface area contributed by atoms with Crippen LogP contribution in [-0.4, -0.2) is 13.6 Å². The zero-order valence-corrected chi connectivity index (χ0v) is 11.5. The van der Waals surface area contributed by atoms with Crippen molar-refractivity contribution in [3.05, 3.63) is 46.3 Å². The van der Waals surface area contributed by atoms with Crippen molar-refractivity contribution < 1.29 is 12.9 Å². The van der Waals surface area contributed by atoms with E-state index >= 15 is 0 Å². The Balaban J connectivity index is 2.31. The van der Waals surface area contributed by atoms with Crippen LogP contribution in [0.1, 0.15) is 11.3 Å². The molecule has 0 aliphatic carbocycles. The maximum absolute atomic E-state index is 12.1. The quantitative estimate of drug-likeness (QED) is 0.873. The Morgan fingerprint density at radius 1 is 1.29 bits per heavy atom. The molecule has 0 radical (unpaired) electrons. The molecule has 0 saturated carbocycles. The van der Waals surface area contributed by atoms with Crippen molar-refractivity contribution in [1.82, 2.24) is 5.16 Å². The third-order valence-corrected chi connectivity index (χ3v) is 4.58. The summed E-state index contributed by atoms with van der Waals surface area (Å²) < 4.78 is 29.8. The van der Waals surface area contributed by atoms with E-state index in [1.54, 1.807) is 31.2 Å². The van der Waals surface area contributed by atoms with Crippen molar-refractivity contribution in [2.45, 2.75) is 17.6 Å². The molecule has 0 bridgehead atoms. The number of aromatic nitrogens is 1. The van der Waals surface area contributed by atoms with Gasteiger partial charge in [-0.2, -0.15) is 0 Å². The molecule has 1 aromatic heterocycles. The zero-order valence-electron chi connectivity index (χ0n) is 9.05. The third-order valence-electron chi connectivity index (χ3n) is 2.37. The second kappa shape index (κ2) is 4.62. The molecule has 1 aromatic carbocycles. The SMILES string of the molecule is Cc1oncc1CS(=O)(=O)c1ccc(Br)cc1. The van der Waals surface area contributed by atoms with Crippen LogP contribution in [0.25, 0.3) is 0 Å². The molecule has 2 rings (SSSR count). The third kappa shape index (κ3) is 2.76. The van der Waals surface area contributed by atoms with E-state index in [2.05, 4.69) is 21.1 Å². The second-order valence-electron chi connectivity index (χ2n) is 3.62. The minimum absolute atomic E-state index is 0.0933. The molecule has 1 heterocycles. The fourth-order valence-electron chi connectivity index (χ4n) is 1.39. The summed E-state index contributed by atoms with van der Waals surface area (Å²) in [7, 11) is -3.34. The van der Waals surface area contributed by atoms with Gasteiger partial charge in [0.1, 0.15) is 5.76 Å². The number of benzene rings is 1. The molecule has 0 aliphatic rings. The number of sulfone groups is 1. The van der Waals surface area contributed by atoms with Crippen molar-refractivity contribution in [2.75, 3.05) is 0 Å². The fourth-order valence-corrected chi connectivity index (χ4v) is 3.06. The summed E-state index contributed by atoms with van der Waals surface area (Å²) in [5, 5.41) is 3.57. The van der Waals surface area contributed by atoms with E-state index in [0.29, 0.717) is 16.2 Å². The minimum Gasteiger partial charge on any atom is -0.361 e. The highest BCUT2D eigenvalue weighted by molar-refractivity contribution is 9.10. The molecule has 4 nitrogen and oxygen atoms in total. The number of aryl methyl sites for hydroxylation is 1. The summed E-state index contributed by atoms with van der Waals surface area (Å²) in [5.41, 5.74) is 0.591. The Bertz CT molecular complexity index is 616. The Morgan fingerprint density at radius 3 is 2.47 bits per heavy atom. The molecule has 90 valence electrons. The van der Waals surface area contributed by atoms with Crippen molar-refractivity contribution in [3.8, 4) is 0 Å². The molecule has 0 atom stereocenters. The molecular formula is C11H10BrNO3S. The van der Waals surface area contributed by atoms with Gasteiger partial charge in [-0.3, -0.25) is 0 Å². The van der Waals surface area contributed by atoms with E-state index in [9.17, 15) is 8.42 Å². The van der Waals surface area contributed by atoms with Crippen LogP contribution in [0.3, 0.4) is 0 Å². The van der Waals surface area contributed by atoms with Crippen LogP contribution in [0.5, 0.6) is 0 Å². The van der Waals surface area contributed by atoms with Crippen LogP contribution in [0.2, 0.25) is 0 Å². The highest BCUT2D eigenvalue weighted by atomic mass is 79.9. The topological polar surface area (TPSA) is 60.2 Å². The Labute approximate surface area is 108 Å². The monoisotopic (exact) mass is 315 g/mol. The fraction of sp³-hybridized carbons (Fsp3) is 0.182. The lowest BCUT2D eigenvalue weighted by molar-refractivity contribution is 0.396. The zero-order chi connectivity index (χ0) is 12.5. The molecule has 2 aromatic rings. The number of halogens is 1. The summed E-state index contributed by atoms with van der Waals surface area (Å²) >= 11 is 3.26. The van der Waals surface area contributed by atoms with Gasteiger partial charge in [-0.15, -0.1) is 0 Å². The molecule has 0 saturated heterocycles. The first-order valence-corrected chi connectivity index (χ1v) is 7.32. The van der Waals surface area contributed by atoms with Crippen molar-refractivity contribution >= 4 is 25.8 Å². The van der Waals surface area contributed by atoms with Gasteiger partial charge < -0.3 is 4.52 Å². The smallest absolute Gasteiger partial charge is 0.182 e. The van der Waals surface area contributed by atoms with E-state index in [1.165, 1.54) is 6.20 Å². The van der Waals surface area contributed by atoms with Gasteiger partial charge in [0.15, 0.2) is 9.84 Å². The number of rotatable bonds is 3. The van der Waals surface area contributed by atoms with Gasteiger partial charge in [0, 0.05) is 10.0 Å². The van der Waals surface area contributed by atoms with Crippen LogP contribution in [0.4, 0.5) is 0 Å². The Hall–Kier alpha value is -1.14. The number of nitrogens with zero attached hydrogens (tertiary/aromatic N) is 1. The van der Waals surface area contributed by atoms with Crippen LogP contribution < -0.4 is 0 Å². The first kappa shape index (κ1) is 12.3. The van der Waals surface area contributed by atoms with E-state index in [4.69, 9.17) is 4.52 Å². The maximum atomic E-state index is 12.1. The first-order valence-electron chi connectivity index (χ1n) is 4.87. The van der Waals surface area contributed by atoms with Crippen molar-refractivity contribution in [1.29, 1.82) is 0 Å². The largest absolute Gasteiger partial charge is 0.361 e. The lowest BCUT2D eigenvalue weighted by atomic mass is 10.3. The van der Waals surface area contributed by atoms with Crippen molar-refractivity contribution in [2.24, 2.45) is 0 Å². The van der Waals surface area contributed by atoms with E-state index in [1.807, 2.05) is 0 Å². The molecular weight excluding hydrogens is 306 g/mol. The highest BCUT2D eigenvalue weighted by Gasteiger charge is 2.18. The molecule has 0 fully saturated rings. The van der Waals surface area contributed by atoms with Gasteiger partial charge in [-0.05, 0) is 31.2 Å². The molecule has 0 N–H and O–H groups in total. The molecule has 17 heavy (non-hydrogen) atoms. The van der Waals surface area contributed by atoms with E-state index < -0.39 is 9.84 Å². The first-order chi connectivity index (χ1) is 7.99. The van der Waals surface area contributed by atoms with E-state index in [-0.39, 0.29) is 5.75 Å². The number of hydrogen-bond donors (Lipinski definition) is 0. The normalized spacial score (nSPS) is 11.6. The second-order valence-corrected chi connectivity index (χ2v) is 6.53. The molecule has 0 spiro atoms. The standard InChI is InChI=1S/C11H10BrNO3S/c1-8-9(6-13-16-8)7-17(14,15)11-4-2-10(12)3-5-11/h2-6H,7H2,1H3. The summed E-state index contributed by atoms with van der Waals surface area (Å²) in [4.78, 5) is 0.293.